The molecule has 28 heavy (non-hydrogen) atoms. The Bertz CT molecular complexity index is 861. The summed E-state index contributed by atoms with van der Waals surface area (Å²) >= 11 is 3.27. The van der Waals surface area contributed by atoms with Crippen LogP contribution in [0.1, 0.15) is 33.6 Å². The number of anilines is 1. The highest BCUT2D eigenvalue weighted by molar-refractivity contribution is 9.10. The zero-order valence-electron chi connectivity index (χ0n) is 15.1. The van der Waals surface area contributed by atoms with E-state index in [1.807, 2.05) is 0 Å². The van der Waals surface area contributed by atoms with Gasteiger partial charge in [-0.1, -0.05) is 28.1 Å². The second-order valence-electron chi connectivity index (χ2n) is 5.71. The lowest BCUT2D eigenvalue weighted by molar-refractivity contribution is -0.143. The van der Waals surface area contributed by atoms with Crippen LogP contribution in [0.25, 0.3) is 0 Å². The predicted molar refractivity (Wildman–Crippen MR) is 105 cm³/mol. The molecular weight excluding hydrogens is 430 g/mol. The van der Waals surface area contributed by atoms with Gasteiger partial charge in [0.1, 0.15) is 0 Å². The van der Waals surface area contributed by atoms with Crippen LogP contribution in [-0.4, -0.2) is 37.3 Å². The smallest absolute Gasteiger partial charge is 0.337 e. The highest BCUT2D eigenvalue weighted by Crippen LogP contribution is 2.12. The number of hydrogen-bond acceptors (Lipinski definition) is 6. The Morgan fingerprint density at radius 2 is 1.50 bits per heavy atom. The quantitative estimate of drug-likeness (QED) is 0.491. The molecule has 0 aliphatic rings. The van der Waals surface area contributed by atoms with Crippen molar-refractivity contribution in [3.63, 3.8) is 0 Å². The van der Waals surface area contributed by atoms with Gasteiger partial charge in [-0.25, -0.2) is 4.79 Å². The Balaban J connectivity index is 1.73. The van der Waals surface area contributed by atoms with Crippen LogP contribution in [0, 0.1) is 0 Å². The van der Waals surface area contributed by atoms with Crippen molar-refractivity contribution in [2.45, 2.75) is 12.8 Å². The average Bonchev–Trinajstić information content (AvgIpc) is 2.71. The van der Waals surface area contributed by atoms with Crippen LogP contribution in [0.5, 0.6) is 0 Å². The number of nitrogens with one attached hydrogen (secondary N) is 1. The van der Waals surface area contributed by atoms with Crippen molar-refractivity contribution >= 4 is 45.2 Å². The maximum Gasteiger partial charge on any atom is 0.337 e. The molecule has 2 rings (SSSR count). The number of carbonyl (C=O) groups excluding carboxylic acids is 4. The Labute approximate surface area is 170 Å². The zero-order chi connectivity index (χ0) is 20.5. The second kappa shape index (κ2) is 10.4. The Kier molecular flexibility index (Phi) is 7.88. The number of amides is 1. The van der Waals surface area contributed by atoms with Crippen LogP contribution < -0.4 is 5.32 Å². The second-order valence-corrected chi connectivity index (χ2v) is 6.62. The van der Waals surface area contributed by atoms with Crippen molar-refractivity contribution in [1.82, 2.24) is 0 Å². The SMILES string of the molecule is COC(=O)c1ccc(NC(=O)CCC(=O)OCC(=O)c2ccc(Br)cc2)cc1. The molecule has 0 aromatic heterocycles. The molecule has 0 saturated carbocycles. The maximum atomic E-state index is 11.9. The standard InChI is InChI=1S/C20H18BrNO6/c1-27-20(26)14-4-8-16(9-5-14)22-18(24)10-11-19(25)28-12-17(23)13-2-6-15(21)7-3-13/h2-9H,10-12H2,1H3,(H,22,24). The van der Waals surface area contributed by atoms with Crippen molar-refractivity contribution in [3.05, 3.63) is 64.1 Å². The first-order valence-corrected chi connectivity index (χ1v) is 9.11. The third kappa shape index (κ3) is 6.62. The lowest BCUT2D eigenvalue weighted by Crippen LogP contribution is -2.17. The van der Waals surface area contributed by atoms with Gasteiger partial charge in [0.05, 0.1) is 19.1 Å². The third-order valence-electron chi connectivity index (χ3n) is 3.68. The van der Waals surface area contributed by atoms with Gasteiger partial charge in [-0.05, 0) is 36.4 Å². The molecule has 8 heteroatoms. The Hall–Kier alpha value is -3.00. The molecule has 0 spiro atoms. The first-order valence-electron chi connectivity index (χ1n) is 8.31. The summed E-state index contributed by atoms with van der Waals surface area (Å²) in [6, 6.07) is 12.8. The summed E-state index contributed by atoms with van der Waals surface area (Å²) in [5.41, 5.74) is 1.28. The topological polar surface area (TPSA) is 98.8 Å². The van der Waals surface area contributed by atoms with E-state index in [0.717, 1.165) is 4.47 Å². The number of carbonyl (C=O) groups is 4. The molecule has 0 atom stereocenters. The van der Waals surface area contributed by atoms with Crippen molar-refractivity contribution in [2.75, 3.05) is 19.0 Å². The molecular formula is C20H18BrNO6. The maximum absolute atomic E-state index is 11.9. The zero-order valence-corrected chi connectivity index (χ0v) is 16.7. The van der Waals surface area contributed by atoms with E-state index in [0.29, 0.717) is 16.8 Å². The van der Waals surface area contributed by atoms with Crippen LogP contribution in [0.3, 0.4) is 0 Å². The van der Waals surface area contributed by atoms with Gasteiger partial charge in [0.15, 0.2) is 12.4 Å². The summed E-state index contributed by atoms with van der Waals surface area (Å²) in [5, 5.41) is 2.61. The van der Waals surface area contributed by atoms with Gasteiger partial charge >= 0.3 is 11.9 Å². The summed E-state index contributed by atoms with van der Waals surface area (Å²) < 4.78 is 10.3. The summed E-state index contributed by atoms with van der Waals surface area (Å²) in [4.78, 5) is 46.9. The third-order valence-corrected chi connectivity index (χ3v) is 4.21. The van der Waals surface area contributed by atoms with E-state index < -0.39 is 11.9 Å². The fourth-order valence-electron chi connectivity index (χ4n) is 2.18. The van der Waals surface area contributed by atoms with E-state index >= 15 is 0 Å². The molecule has 0 aliphatic heterocycles. The van der Waals surface area contributed by atoms with Gasteiger partial charge in [0.2, 0.25) is 5.91 Å². The Morgan fingerprint density at radius 1 is 0.893 bits per heavy atom. The van der Waals surface area contributed by atoms with E-state index in [4.69, 9.17) is 4.74 Å². The number of hydrogen-bond donors (Lipinski definition) is 1. The molecule has 0 fully saturated rings. The molecule has 0 heterocycles. The average molecular weight is 448 g/mol. The van der Waals surface area contributed by atoms with E-state index in [2.05, 4.69) is 26.0 Å². The molecule has 1 amide bonds. The van der Waals surface area contributed by atoms with Crippen LogP contribution in [0.2, 0.25) is 0 Å². The summed E-state index contributed by atoms with van der Waals surface area (Å²) in [6.45, 7) is -0.378. The van der Waals surface area contributed by atoms with E-state index in [1.54, 1.807) is 36.4 Å². The largest absolute Gasteiger partial charge is 0.465 e. The number of esters is 2. The highest BCUT2D eigenvalue weighted by Gasteiger charge is 2.12. The summed E-state index contributed by atoms with van der Waals surface area (Å²) in [5.74, 6) is -1.82. The van der Waals surface area contributed by atoms with Crippen molar-refractivity contribution in [3.8, 4) is 0 Å². The first kappa shape index (κ1) is 21.3. The van der Waals surface area contributed by atoms with Gasteiger partial charge in [-0.15, -0.1) is 0 Å². The highest BCUT2D eigenvalue weighted by atomic mass is 79.9. The molecule has 0 saturated heterocycles. The normalized spacial score (nSPS) is 10.1. The fourth-order valence-corrected chi connectivity index (χ4v) is 2.45. The number of ketones is 1. The van der Waals surface area contributed by atoms with Gasteiger partial charge in [-0.2, -0.15) is 0 Å². The van der Waals surface area contributed by atoms with E-state index in [1.165, 1.54) is 19.2 Å². The van der Waals surface area contributed by atoms with Crippen LogP contribution in [-0.2, 0) is 19.1 Å². The van der Waals surface area contributed by atoms with Gasteiger partial charge < -0.3 is 14.8 Å². The molecule has 0 unspecified atom stereocenters. The lowest BCUT2D eigenvalue weighted by atomic mass is 10.1. The number of halogens is 1. The summed E-state index contributed by atoms with van der Waals surface area (Å²) in [6.07, 6.45) is -0.246. The van der Waals surface area contributed by atoms with Crippen molar-refractivity contribution in [1.29, 1.82) is 0 Å². The number of benzene rings is 2. The monoisotopic (exact) mass is 447 g/mol. The van der Waals surface area contributed by atoms with Gasteiger partial charge in [-0.3, -0.25) is 14.4 Å². The van der Waals surface area contributed by atoms with Crippen molar-refractivity contribution in [2.24, 2.45) is 0 Å². The molecule has 7 nitrogen and oxygen atoms in total. The molecule has 146 valence electrons. The van der Waals surface area contributed by atoms with Gasteiger partial charge in [0, 0.05) is 22.1 Å². The van der Waals surface area contributed by atoms with Gasteiger partial charge in [0.25, 0.3) is 0 Å². The molecule has 0 aliphatic carbocycles. The lowest BCUT2D eigenvalue weighted by Gasteiger charge is -2.07. The minimum absolute atomic E-state index is 0.0932. The predicted octanol–water partition coefficient (Wildman–Crippen LogP) is 3.38. The molecule has 2 aromatic carbocycles. The van der Waals surface area contributed by atoms with E-state index in [9.17, 15) is 19.2 Å². The molecule has 1 N–H and O–H groups in total. The number of ether oxygens (including phenoxy) is 2. The van der Waals surface area contributed by atoms with Crippen LogP contribution >= 0.6 is 15.9 Å². The van der Waals surface area contributed by atoms with Crippen molar-refractivity contribution < 1.29 is 28.7 Å². The minimum Gasteiger partial charge on any atom is -0.465 e. The van der Waals surface area contributed by atoms with Crippen LogP contribution in [0.15, 0.2) is 53.0 Å². The first-order chi connectivity index (χ1) is 13.4. The Morgan fingerprint density at radius 3 is 2.11 bits per heavy atom. The summed E-state index contributed by atoms with van der Waals surface area (Å²) in [7, 11) is 1.28. The molecule has 2 aromatic rings. The number of rotatable bonds is 8. The molecule has 0 bridgehead atoms. The fraction of sp³-hybridized carbons (Fsp3) is 0.200. The number of methoxy groups -OCH3 is 1. The minimum atomic E-state index is -0.637. The van der Waals surface area contributed by atoms with E-state index in [-0.39, 0.29) is 31.1 Å². The van der Waals surface area contributed by atoms with Crippen LogP contribution in [0.4, 0.5) is 5.69 Å². The number of Topliss-reactive ketones (excluding diaryl/α,β-unsaturated/α-hetero) is 1. The molecule has 0 radical (unpaired) electrons.